The number of carboxylic acid groups (broad SMARTS) is 1. The highest BCUT2D eigenvalue weighted by molar-refractivity contribution is 5.94. The Kier molecular flexibility index (Phi) is 3.51. The summed E-state index contributed by atoms with van der Waals surface area (Å²) < 4.78 is 0. The smallest absolute Gasteiger partial charge is 0.407 e. The van der Waals surface area contributed by atoms with Crippen molar-refractivity contribution in [3.8, 4) is 0 Å². The minimum atomic E-state index is -0.846. The summed E-state index contributed by atoms with van der Waals surface area (Å²) in [5.41, 5.74) is 3.05. The molecule has 1 saturated heterocycles. The minimum Gasteiger partial charge on any atom is -0.465 e. The summed E-state index contributed by atoms with van der Waals surface area (Å²) in [5.74, 6) is 0. The van der Waals surface area contributed by atoms with E-state index in [9.17, 15) is 4.79 Å². The van der Waals surface area contributed by atoms with Gasteiger partial charge in [0.2, 0.25) is 0 Å². The summed E-state index contributed by atoms with van der Waals surface area (Å²) in [6, 6.07) is 8.11. The van der Waals surface area contributed by atoms with Gasteiger partial charge >= 0.3 is 6.09 Å². The lowest BCUT2D eigenvalue weighted by Crippen LogP contribution is -2.48. The van der Waals surface area contributed by atoms with Crippen molar-refractivity contribution in [1.82, 2.24) is 9.88 Å². The summed E-state index contributed by atoms with van der Waals surface area (Å²) in [6.07, 6.45) is 0.944. The van der Waals surface area contributed by atoms with Crippen LogP contribution >= 0.6 is 0 Å². The molecule has 1 fully saturated rings. The third-order valence-corrected chi connectivity index (χ3v) is 3.86. The number of hydrogen-bond donors (Lipinski definition) is 2. The van der Waals surface area contributed by atoms with Gasteiger partial charge in [-0.1, -0.05) is 6.07 Å². The van der Waals surface area contributed by atoms with Crippen LogP contribution in [0, 0.1) is 0 Å². The van der Waals surface area contributed by atoms with Gasteiger partial charge < -0.3 is 20.2 Å². The maximum Gasteiger partial charge on any atom is 0.407 e. The second kappa shape index (κ2) is 5.47. The highest BCUT2D eigenvalue weighted by Gasteiger charge is 2.22. The Labute approximate surface area is 123 Å². The Morgan fingerprint density at radius 1 is 1.29 bits per heavy atom. The van der Waals surface area contributed by atoms with E-state index in [1.807, 2.05) is 19.2 Å². The molecule has 2 heterocycles. The lowest BCUT2D eigenvalue weighted by Gasteiger charge is -2.35. The second-order valence-corrected chi connectivity index (χ2v) is 5.08. The van der Waals surface area contributed by atoms with E-state index in [4.69, 9.17) is 5.11 Å². The highest BCUT2D eigenvalue weighted by atomic mass is 16.4. The van der Waals surface area contributed by atoms with Gasteiger partial charge in [-0.25, -0.2) is 4.79 Å². The van der Waals surface area contributed by atoms with Gasteiger partial charge in [0.15, 0.2) is 0 Å². The van der Waals surface area contributed by atoms with Crippen molar-refractivity contribution in [2.24, 2.45) is 0 Å². The SMILES string of the molecule is CNc1cc(N2CCN(C(=O)O)CC2)c2ncccc2c1. The summed E-state index contributed by atoms with van der Waals surface area (Å²) in [5, 5.41) is 13.3. The van der Waals surface area contributed by atoms with Crippen LogP contribution in [-0.4, -0.2) is 54.3 Å². The van der Waals surface area contributed by atoms with E-state index < -0.39 is 6.09 Å². The van der Waals surface area contributed by atoms with Crippen molar-refractivity contribution >= 4 is 28.4 Å². The monoisotopic (exact) mass is 286 g/mol. The normalized spacial score (nSPS) is 15.3. The Bertz CT molecular complexity index is 666. The Morgan fingerprint density at radius 3 is 2.71 bits per heavy atom. The van der Waals surface area contributed by atoms with Gasteiger partial charge in [0, 0.05) is 50.5 Å². The number of pyridine rings is 1. The summed E-state index contributed by atoms with van der Waals surface area (Å²) in [7, 11) is 1.89. The zero-order valence-corrected chi connectivity index (χ0v) is 11.9. The summed E-state index contributed by atoms with van der Waals surface area (Å²) in [6.45, 7) is 2.41. The van der Waals surface area contributed by atoms with Crippen LogP contribution < -0.4 is 10.2 Å². The van der Waals surface area contributed by atoms with Gasteiger partial charge in [-0.05, 0) is 18.2 Å². The molecule has 2 N–H and O–H groups in total. The quantitative estimate of drug-likeness (QED) is 0.884. The molecule has 6 heteroatoms. The molecule has 0 bridgehead atoms. The molecule has 0 spiro atoms. The minimum absolute atomic E-state index is 0.521. The average molecular weight is 286 g/mol. The van der Waals surface area contributed by atoms with Crippen molar-refractivity contribution in [3.63, 3.8) is 0 Å². The molecule has 0 saturated carbocycles. The molecule has 1 aliphatic rings. The molecular weight excluding hydrogens is 268 g/mol. The Hall–Kier alpha value is -2.50. The second-order valence-electron chi connectivity index (χ2n) is 5.08. The average Bonchev–Trinajstić information content (AvgIpc) is 2.53. The molecule has 0 radical (unpaired) electrons. The first-order chi connectivity index (χ1) is 10.2. The topological polar surface area (TPSA) is 68.7 Å². The lowest BCUT2D eigenvalue weighted by atomic mass is 10.1. The molecule has 1 amide bonds. The molecule has 0 atom stereocenters. The number of amides is 1. The van der Waals surface area contributed by atoms with Gasteiger partial charge in [0.05, 0.1) is 11.2 Å². The maximum absolute atomic E-state index is 11.0. The van der Waals surface area contributed by atoms with E-state index in [0.717, 1.165) is 22.3 Å². The molecule has 3 rings (SSSR count). The first-order valence-electron chi connectivity index (χ1n) is 6.98. The van der Waals surface area contributed by atoms with Gasteiger partial charge in [0.1, 0.15) is 0 Å². The van der Waals surface area contributed by atoms with Crippen LogP contribution in [0.1, 0.15) is 0 Å². The summed E-state index contributed by atoms with van der Waals surface area (Å²) in [4.78, 5) is 19.1. The van der Waals surface area contributed by atoms with Gasteiger partial charge in [-0.3, -0.25) is 4.98 Å². The van der Waals surface area contributed by atoms with Crippen LogP contribution in [0.25, 0.3) is 10.9 Å². The van der Waals surface area contributed by atoms with Crippen molar-refractivity contribution in [3.05, 3.63) is 30.5 Å². The molecule has 21 heavy (non-hydrogen) atoms. The van der Waals surface area contributed by atoms with E-state index >= 15 is 0 Å². The number of aromatic nitrogens is 1. The van der Waals surface area contributed by atoms with Gasteiger partial charge in [-0.15, -0.1) is 0 Å². The van der Waals surface area contributed by atoms with Gasteiger partial charge in [-0.2, -0.15) is 0 Å². The first-order valence-corrected chi connectivity index (χ1v) is 6.98. The fourth-order valence-corrected chi connectivity index (χ4v) is 2.70. The zero-order chi connectivity index (χ0) is 14.8. The molecule has 0 aliphatic carbocycles. The molecule has 1 aromatic heterocycles. The number of fused-ring (bicyclic) bond motifs is 1. The van der Waals surface area contributed by atoms with Crippen molar-refractivity contribution in [1.29, 1.82) is 0 Å². The highest BCUT2D eigenvalue weighted by Crippen LogP contribution is 2.30. The molecule has 2 aromatic rings. The largest absolute Gasteiger partial charge is 0.465 e. The molecule has 6 nitrogen and oxygen atoms in total. The number of piperazine rings is 1. The molecular formula is C15H18N4O2. The maximum atomic E-state index is 11.0. The fourth-order valence-electron chi connectivity index (χ4n) is 2.70. The Balaban J connectivity index is 1.95. The number of nitrogens with one attached hydrogen (secondary N) is 1. The van der Waals surface area contributed by atoms with E-state index in [1.165, 1.54) is 4.90 Å². The number of hydrogen-bond acceptors (Lipinski definition) is 4. The van der Waals surface area contributed by atoms with Crippen molar-refractivity contribution in [2.45, 2.75) is 0 Å². The molecule has 1 aromatic carbocycles. The van der Waals surface area contributed by atoms with E-state index in [-0.39, 0.29) is 0 Å². The van der Waals surface area contributed by atoms with Crippen LogP contribution in [0.2, 0.25) is 0 Å². The third kappa shape index (κ3) is 2.56. The van der Waals surface area contributed by atoms with Crippen LogP contribution in [0.15, 0.2) is 30.5 Å². The number of anilines is 2. The first kappa shape index (κ1) is 13.5. The zero-order valence-electron chi connectivity index (χ0n) is 11.9. The van der Waals surface area contributed by atoms with Crippen LogP contribution in [-0.2, 0) is 0 Å². The Morgan fingerprint density at radius 2 is 2.05 bits per heavy atom. The van der Waals surface area contributed by atoms with Crippen molar-refractivity contribution in [2.75, 3.05) is 43.4 Å². The third-order valence-electron chi connectivity index (χ3n) is 3.86. The molecule has 1 aliphatic heterocycles. The summed E-state index contributed by atoms with van der Waals surface area (Å²) >= 11 is 0. The molecule has 0 unspecified atom stereocenters. The predicted octanol–water partition coefficient (Wildman–Crippen LogP) is 2.08. The fraction of sp³-hybridized carbons (Fsp3) is 0.333. The van der Waals surface area contributed by atoms with Crippen LogP contribution in [0.4, 0.5) is 16.2 Å². The van der Waals surface area contributed by atoms with E-state index in [0.29, 0.717) is 26.2 Å². The van der Waals surface area contributed by atoms with Crippen LogP contribution in [0.5, 0.6) is 0 Å². The predicted molar refractivity (Wildman–Crippen MR) is 83.1 cm³/mol. The van der Waals surface area contributed by atoms with Crippen molar-refractivity contribution < 1.29 is 9.90 Å². The van der Waals surface area contributed by atoms with E-state index in [2.05, 4.69) is 27.3 Å². The van der Waals surface area contributed by atoms with E-state index in [1.54, 1.807) is 6.20 Å². The molecule has 110 valence electrons. The number of benzene rings is 1. The van der Waals surface area contributed by atoms with Crippen LogP contribution in [0.3, 0.4) is 0 Å². The lowest BCUT2D eigenvalue weighted by molar-refractivity contribution is 0.142. The number of nitrogens with zero attached hydrogens (tertiary/aromatic N) is 3. The standard InChI is InChI=1S/C15H18N4O2/c1-16-12-9-11-3-2-4-17-14(11)13(10-12)18-5-7-19(8-6-18)15(20)21/h2-4,9-10,16H,5-8H2,1H3,(H,20,21). The number of carbonyl (C=O) groups is 1. The number of rotatable bonds is 2. The van der Waals surface area contributed by atoms with Gasteiger partial charge in [0.25, 0.3) is 0 Å².